The van der Waals surface area contributed by atoms with Crippen LogP contribution in [0.5, 0.6) is 0 Å². The molecule has 0 radical (unpaired) electrons. The number of ether oxygens (including phenoxy) is 3. The fraction of sp³-hybridized carbons (Fsp3) is 0.583. The van der Waals surface area contributed by atoms with Crippen molar-refractivity contribution < 1.29 is 19.0 Å². The fourth-order valence-corrected chi connectivity index (χ4v) is 0.883. The Bertz CT molecular complexity index is 256. The summed E-state index contributed by atoms with van der Waals surface area (Å²) >= 11 is 0. The highest BCUT2D eigenvalue weighted by molar-refractivity contribution is 5.87. The molecule has 0 spiro atoms. The molecule has 0 aliphatic carbocycles. The Hall–Kier alpha value is -1.29. The third-order valence-corrected chi connectivity index (χ3v) is 1.66. The summed E-state index contributed by atoms with van der Waals surface area (Å²) in [6.07, 6.45) is 2.09. The maximum absolute atomic E-state index is 11.3. The minimum atomic E-state index is -0.940. The zero-order valence-corrected chi connectivity index (χ0v) is 10.2. The summed E-state index contributed by atoms with van der Waals surface area (Å²) in [6.45, 7) is 12.9. The van der Waals surface area contributed by atoms with Crippen molar-refractivity contribution in [2.45, 2.75) is 33.0 Å². The molecule has 4 heteroatoms. The van der Waals surface area contributed by atoms with Gasteiger partial charge in [0, 0.05) is 25.8 Å². The molecule has 0 N–H and O–H groups in total. The number of carbonyl (C=O) groups excluding carboxylic acids is 1. The first-order chi connectivity index (χ1) is 7.39. The van der Waals surface area contributed by atoms with Crippen LogP contribution in [-0.4, -0.2) is 25.0 Å². The van der Waals surface area contributed by atoms with E-state index in [9.17, 15) is 4.79 Å². The molecule has 4 nitrogen and oxygen atoms in total. The van der Waals surface area contributed by atoms with Crippen LogP contribution in [0.25, 0.3) is 0 Å². The molecule has 0 saturated carbocycles. The van der Waals surface area contributed by atoms with Crippen molar-refractivity contribution in [1.82, 2.24) is 0 Å². The first-order valence-corrected chi connectivity index (χ1v) is 5.14. The second-order valence-corrected chi connectivity index (χ2v) is 3.81. The highest BCUT2D eigenvalue weighted by Gasteiger charge is 2.23. The van der Waals surface area contributed by atoms with Crippen molar-refractivity contribution in [3.8, 4) is 0 Å². The lowest BCUT2D eigenvalue weighted by Crippen LogP contribution is -2.32. The van der Waals surface area contributed by atoms with Gasteiger partial charge in [-0.2, -0.15) is 0 Å². The van der Waals surface area contributed by atoms with E-state index in [1.165, 1.54) is 6.26 Å². The number of hydrogen-bond acceptors (Lipinski definition) is 4. The molecule has 0 amide bonds. The van der Waals surface area contributed by atoms with Crippen molar-refractivity contribution in [2.75, 3.05) is 13.2 Å². The first-order valence-electron chi connectivity index (χ1n) is 5.14. The van der Waals surface area contributed by atoms with Crippen LogP contribution in [0, 0.1) is 0 Å². The van der Waals surface area contributed by atoms with E-state index in [0.717, 1.165) is 0 Å². The molecule has 0 aliphatic rings. The lowest BCUT2D eigenvalue weighted by Gasteiger charge is -2.25. The highest BCUT2D eigenvalue weighted by Crippen LogP contribution is 2.13. The Morgan fingerprint density at radius 3 is 2.50 bits per heavy atom. The van der Waals surface area contributed by atoms with E-state index in [-0.39, 0.29) is 0 Å². The molecule has 0 saturated heterocycles. The minimum absolute atomic E-state index is 0.353. The molecular weight excluding hydrogens is 208 g/mol. The number of carbonyl (C=O) groups is 1. The Morgan fingerprint density at radius 1 is 1.38 bits per heavy atom. The summed E-state index contributed by atoms with van der Waals surface area (Å²) in [4.78, 5) is 11.3. The predicted octanol–water partition coefficient (Wildman–Crippen LogP) is 2.41. The average Bonchev–Trinajstić information content (AvgIpc) is 2.16. The third kappa shape index (κ3) is 7.06. The molecule has 16 heavy (non-hydrogen) atoms. The maximum Gasteiger partial charge on any atom is 0.335 e. The lowest BCUT2D eigenvalue weighted by atomic mass is 10.3. The topological polar surface area (TPSA) is 44.8 Å². The molecule has 0 heterocycles. The summed E-state index contributed by atoms with van der Waals surface area (Å²) in [5, 5.41) is 0. The van der Waals surface area contributed by atoms with Crippen molar-refractivity contribution in [3.05, 3.63) is 25.0 Å². The van der Waals surface area contributed by atoms with E-state index in [1.54, 1.807) is 20.8 Å². The zero-order chi connectivity index (χ0) is 12.6. The van der Waals surface area contributed by atoms with Gasteiger partial charge >= 0.3 is 5.97 Å². The van der Waals surface area contributed by atoms with Gasteiger partial charge in [0.1, 0.15) is 0 Å². The lowest BCUT2D eigenvalue weighted by molar-refractivity contribution is -0.212. The molecule has 0 unspecified atom stereocenters. The number of esters is 1. The molecule has 0 aromatic carbocycles. The molecule has 0 rings (SSSR count). The molecule has 0 fully saturated rings. The summed E-state index contributed by atoms with van der Waals surface area (Å²) in [5.74, 6) is -1.39. The first kappa shape index (κ1) is 14.7. The summed E-state index contributed by atoms with van der Waals surface area (Å²) in [6, 6.07) is 0. The van der Waals surface area contributed by atoms with E-state index in [2.05, 4.69) is 13.2 Å². The van der Waals surface area contributed by atoms with Crippen molar-refractivity contribution in [2.24, 2.45) is 0 Å². The van der Waals surface area contributed by atoms with E-state index < -0.39 is 11.8 Å². The van der Waals surface area contributed by atoms with Gasteiger partial charge in [-0.05, 0) is 6.92 Å². The largest absolute Gasteiger partial charge is 0.502 e. The van der Waals surface area contributed by atoms with Gasteiger partial charge in [-0.15, -0.1) is 0 Å². The van der Waals surface area contributed by atoms with Gasteiger partial charge in [0.2, 0.25) is 5.79 Å². The summed E-state index contributed by atoms with van der Waals surface area (Å²) < 4.78 is 15.4. The Balaban J connectivity index is 3.82. The van der Waals surface area contributed by atoms with Crippen molar-refractivity contribution in [3.63, 3.8) is 0 Å². The van der Waals surface area contributed by atoms with Crippen LogP contribution < -0.4 is 0 Å². The van der Waals surface area contributed by atoms with E-state index in [1.807, 2.05) is 0 Å². The summed E-state index contributed by atoms with van der Waals surface area (Å²) in [5.41, 5.74) is 0.353. The average molecular weight is 228 g/mol. The quantitative estimate of drug-likeness (QED) is 0.210. The van der Waals surface area contributed by atoms with E-state index in [0.29, 0.717) is 25.2 Å². The van der Waals surface area contributed by atoms with Crippen molar-refractivity contribution >= 4 is 5.97 Å². The van der Waals surface area contributed by atoms with Gasteiger partial charge in [-0.3, -0.25) is 0 Å². The van der Waals surface area contributed by atoms with Gasteiger partial charge < -0.3 is 14.2 Å². The summed E-state index contributed by atoms with van der Waals surface area (Å²) in [7, 11) is 0. The molecule has 92 valence electrons. The second-order valence-electron chi connectivity index (χ2n) is 3.81. The van der Waals surface area contributed by atoms with Crippen LogP contribution >= 0.6 is 0 Å². The molecule has 0 atom stereocenters. The smallest absolute Gasteiger partial charge is 0.335 e. The van der Waals surface area contributed by atoms with Gasteiger partial charge in [0.05, 0.1) is 19.5 Å². The number of hydrogen-bond donors (Lipinski definition) is 0. The van der Waals surface area contributed by atoms with Crippen LogP contribution in [0.4, 0.5) is 0 Å². The Labute approximate surface area is 96.9 Å². The monoisotopic (exact) mass is 228 g/mol. The molecule has 0 aliphatic heterocycles. The molecule has 0 aromatic rings. The third-order valence-electron chi connectivity index (χ3n) is 1.66. The molecular formula is C12H20O4. The van der Waals surface area contributed by atoms with Crippen LogP contribution in [-0.2, 0) is 19.0 Å². The minimum Gasteiger partial charge on any atom is -0.502 e. The van der Waals surface area contributed by atoms with Crippen LogP contribution in [0.2, 0.25) is 0 Å². The van der Waals surface area contributed by atoms with Gasteiger partial charge in [0.25, 0.3) is 0 Å². The molecule has 0 bridgehead atoms. The Morgan fingerprint density at radius 2 is 2.00 bits per heavy atom. The number of rotatable bonds is 8. The Kier molecular flexibility index (Phi) is 6.49. The fourth-order valence-electron chi connectivity index (χ4n) is 0.883. The SMILES string of the molecule is C=COCCCOC(C)(C)OC(=O)C(=C)C. The van der Waals surface area contributed by atoms with Crippen LogP contribution in [0.1, 0.15) is 27.2 Å². The van der Waals surface area contributed by atoms with Crippen LogP contribution in [0.3, 0.4) is 0 Å². The molecule has 0 aromatic heterocycles. The van der Waals surface area contributed by atoms with Gasteiger partial charge in [-0.1, -0.05) is 13.2 Å². The highest BCUT2D eigenvalue weighted by atomic mass is 16.7. The zero-order valence-electron chi connectivity index (χ0n) is 10.2. The van der Waals surface area contributed by atoms with E-state index >= 15 is 0 Å². The van der Waals surface area contributed by atoms with E-state index in [4.69, 9.17) is 14.2 Å². The van der Waals surface area contributed by atoms with Gasteiger partial charge in [-0.25, -0.2) is 4.79 Å². The van der Waals surface area contributed by atoms with Crippen molar-refractivity contribution in [1.29, 1.82) is 0 Å². The van der Waals surface area contributed by atoms with Gasteiger partial charge in [0.15, 0.2) is 0 Å². The maximum atomic E-state index is 11.3. The second kappa shape index (κ2) is 7.06. The van der Waals surface area contributed by atoms with Crippen LogP contribution in [0.15, 0.2) is 25.0 Å². The standard InChI is InChI=1S/C12H20O4/c1-6-14-8-7-9-15-12(4,5)16-11(13)10(2)3/h6H,1-2,7-9H2,3-5H3. The predicted molar refractivity (Wildman–Crippen MR) is 61.7 cm³/mol. The normalized spacial score (nSPS) is 10.7.